The second-order valence-corrected chi connectivity index (χ2v) is 5.28. The Hall–Kier alpha value is -2.33. The van der Waals surface area contributed by atoms with E-state index in [9.17, 15) is 9.90 Å². The van der Waals surface area contributed by atoms with Crippen molar-refractivity contribution in [3.05, 3.63) is 65.7 Å². The monoisotopic (exact) mass is 299 g/mol. The van der Waals surface area contributed by atoms with Gasteiger partial charge in [-0.25, -0.2) is 0 Å². The zero-order valence-corrected chi connectivity index (χ0v) is 12.8. The summed E-state index contributed by atoms with van der Waals surface area (Å²) in [5, 5.41) is 12.9. The zero-order chi connectivity index (χ0) is 15.9. The number of benzene rings is 2. The van der Waals surface area contributed by atoms with Crippen LogP contribution in [-0.4, -0.2) is 24.2 Å². The van der Waals surface area contributed by atoms with Gasteiger partial charge in [-0.3, -0.25) is 4.79 Å². The smallest absolute Gasteiger partial charge is 0.253 e. The Kier molecular flexibility index (Phi) is 5.55. The van der Waals surface area contributed by atoms with Crippen LogP contribution in [0.2, 0.25) is 0 Å². The fraction of sp³-hybridized carbons (Fsp3) is 0.278. The van der Waals surface area contributed by atoms with Crippen LogP contribution in [0.25, 0.3) is 0 Å². The van der Waals surface area contributed by atoms with Crippen LogP contribution in [0, 0.1) is 0 Å². The number of amides is 1. The van der Waals surface area contributed by atoms with Crippen molar-refractivity contribution in [2.45, 2.75) is 25.5 Å². The van der Waals surface area contributed by atoms with Crippen LogP contribution in [0.3, 0.4) is 0 Å². The standard InChI is InChI=1S/C18H21NO3/c1-13(11-14-7-6-10-16(12-14)22-2)19-18(21)17(20)15-8-4-3-5-9-15/h3-10,12-13,17,20H,11H2,1-2H3,(H,19,21)/t13-,17-/m0/s1. The number of methoxy groups -OCH3 is 1. The molecule has 0 aromatic heterocycles. The average molecular weight is 299 g/mol. The van der Waals surface area contributed by atoms with Gasteiger partial charge in [0.15, 0.2) is 6.10 Å². The zero-order valence-electron chi connectivity index (χ0n) is 12.8. The summed E-state index contributed by atoms with van der Waals surface area (Å²) >= 11 is 0. The maximum Gasteiger partial charge on any atom is 0.253 e. The predicted octanol–water partition coefficient (Wildman–Crippen LogP) is 2.48. The number of hydrogen-bond acceptors (Lipinski definition) is 3. The van der Waals surface area contributed by atoms with Gasteiger partial charge in [0.2, 0.25) is 0 Å². The largest absolute Gasteiger partial charge is 0.497 e. The maximum atomic E-state index is 12.1. The number of nitrogens with one attached hydrogen (secondary N) is 1. The number of rotatable bonds is 6. The Labute approximate surface area is 130 Å². The summed E-state index contributed by atoms with van der Waals surface area (Å²) in [6, 6.07) is 16.5. The first-order valence-corrected chi connectivity index (χ1v) is 7.26. The highest BCUT2D eigenvalue weighted by molar-refractivity contribution is 5.82. The Morgan fingerprint density at radius 3 is 2.59 bits per heavy atom. The van der Waals surface area contributed by atoms with Crippen molar-refractivity contribution in [3.63, 3.8) is 0 Å². The summed E-state index contributed by atoms with van der Waals surface area (Å²) in [4.78, 5) is 12.1. The molecule has 0 aliphatic rings. The van der Waals surface area contributed by atoms with Crippen molar-refractivity contribution in [2.24, 2.45) is 0 Å². The molecule has 0 aliphatic carbocycles. The summed E-state index contributed by atoms with van der Waals surface area (Å²) in [7, 11) is 1.63. The van der Waals surface area contributed by atoms with Crippen LogP contribution < -0.4 is 10.1 Å². The molecule has 0 spiro atoms. The molecule has 0 heterocycles. The lowest BCUT2D eigenvalue weighted by molar-refractivity contribution is -0.130. The topological polar surface area (TPSA) is 58.6 Å². The molecule has 4 nitrogen and oxygen atoms in total. The molecule has 0 fully saturated rings. The average Bonchev–Trinajstić information content (AvgIpc) is 2.55. The van der Waals surface area contributed by atoms with Crippen molar-refractivity contribution >= 4 is 5.91 Å². The molecule has 0 bridgehead atoms. The van der Waals surface area contributed by atoms with Crippen molar-refractivity contribution in [3.8, 4) is 5.75 Å². The Balaban J connectivity index is 1.93. The number of carbonyl (C=O) groups is 1. The molecule has 4 heteroatoms. The third kappa shape index (κ3) is 4.33. The third-order valence-corrected chi connectivity index (χ3v) is 3.43. The summed E-state index contributed by atoms with van der Waals surface area (Å²) in [5.41, 5.74) is 1.66. The summed E-state index contributed by atoms with van der Waals surface area (Å²) in [6.07, 6.45) is -0.473. The van der Waals surface area contributed by atoms with Gasteiger partial charge >= 0.3 is 0 Å². The van der Waals surface area contributed by atoms with Crippen LogP contribution in [0.1, 0.15) is 24.2 Å². The summed E-state index contributed by atoms with van der Waals surface area (Å²) in [5.74, 6) is 0.405. The third-order valence-electron chi connectivity index (χ3n) is 3.43. The fourth-order valence-electron chi connectivity index (χ4n) is 2.31. The van der Waals surface area contributed by atoms with Crippen molar-refractivity contribution in [2.75, 3.05) is 7.11 Å². The summed E-state index contributed by atoms with van der Waals surface area (Å²) in [6.45, 7) is 1.91. The minimum absolute atomic E-state index is 0.0852. The van der Waals surface area contributed by atoms with E-state index in [0.717, 1.165) is 11.3 Å². The normalized spacial score (nSPS) is 13.2. The van der Waals surface area contributed by atoms with E-state index >= 15 is 0 Å². The molecule has 0 radical (unpaired) electrons. The SMILES string of the molecule is COc1cccc(C[C@H](C)NC(=O)[C@@H](O)c2ccccc2)c1. The lowest BCUT2D eigenvalue weighted by atomic mass is 10.1. The minimum atomic E-state index is -1.14. The first-order valence-electron chi connectivity index (χ1n) is 7.26. The number of aliphatic hydroxyl groups is 1. The Morgan fingerprint density at radius 1 is 1.18 bits per heavy atom. The lowest BCUT2D eigenvalue weighted by Crippen LogP contribution is -2.37. The molecule has 0 saturated carbocycles. The van der Waals surface area contributed by atoms with E-state index in [-0.39, 0.29) is 11.9 Å². The van der Waals surface area contributed by atoms with Crippen LogP contribution >= 0.6 is 0 Å². The first-order chi connectivity index (χ1) is 10.6. The quantitative estimate of drug-likeness (QED) is 0.861. The highest BCUT2D eigenvalue weighted by Gasteiger charge is 2.18. The van der Waals surface area contributed by atoms with Gasteiger partial charge in [-0.05, 0) is 36.6 Å². The van der Waals surface area contributed by atoms with Gasteiger partial charge in [0, 0.05) is 6.04 Å². The predicted molar refractivity (Wildman–Crippen MR) is 85.7 cm³/mol. The van der Waals surface area contributed by atoms with Crippen LogP contribution in [-0.2, 0) is 11.2 Å². The molecule has 1 amide bonds. The van der Waals surface area contributed by atoms with E-state index < -0.39 is 6.10 Å². The fourth-order valence-corrected chi connectivity index (χ4v) is 2.31. The molecule has 2 aromatic carbocycles. The molecule has 116 valence electrons. The molecule has 22 heavy (non-hydrogen) atoms. The second-order valence-electron chi connectivity index (χ2n) is 5.28. The van der Waals surface area contributed by atoms with Crippen molar-refractivity contribution < 1.29 is 14.6 Å². The molecule has 2 rings (SSSR count). The molecule has 2 N–H and O–H groups in total. The Bertz CT molecular complexity index is 613. The van der Waals surface area contributed by atoms with Gasteiger partial charge in [0.1, 0.15) is 5.75 Å². The highest BCUT2D eigenvalue weighted by atomic mass is 16.5. The molecule has 0 aliphatic heterocycles. The van der Waals surface area contributed by atoms with E-state index in [4.69, 9.17) is 4.74 Å². The van der Waals surface area contributed by atoms with E-state index in [1.54, 1.807) is 31.4 Å². The molecular formula is C18H21NO3. The number of hydrogen-bond donors (Lipinski definition) is 2. The number of aliphatic hydroxyl groups excluding tert-OH is 1. The second kappa shape index (κ2) is 7.61. The molecule has 0 unspecified atom stereocenters. The van der Waals surface area contributed by atoms with E-state index in [2.05, 4.69) is 5.32 Å². The van der Waals surface area contributed by atoms with Crippen molar-refractivity contribution in [1.82, 2.24) is 5.32 Å². The molecule has 2 aromatic rings. The molecule has 2 atom stereocenters. The van der Waals surface area contributed by atoms with Gasteiger partial charge in [-0.15, -0.1) is 0 Å². The van der Waals surface area contributed by atoms with Crippen LogP contribution in [0.4, 0.5) is 0 Å². The Morgan fingerprint density at radius 2 is 1.91 bits per heavy atom. The lowest BCUT2D eigenvalue weighted by Gasteiger charge is -2.17. The van der Waals surface area contributed by atoms with Crippen LogP contribution in [0.5, 0.6) is 5.75 Å². The number of ether oxygens (including phenoxy) is 1. The first kappa shape index (κ1) is 16.0. The van der Waals surface area contributed by atoms with E-state index in [1.807, 2.05) is 37.3 Å². The molecular weight excluding hydrogens is 278 g/mol. The summed E-state index contributed by atoms with van der Waals surface area (Å²) < 4.78 is 5.19. The van der Waals surface area contributed by atoms with Gasteiger partial charge in [-0.1, -0.05) is 42.5 Å². The van der Waals surface area contributed by atoms with Gasteiger partial charge in [-0.2, -0.15) is 0 Å². The van der Waals surface area contributed by atoms with E-state index in [0.29, 0.717) is 12.0 Å². The minimum Gasteiger partial charge on any atom is -0.497 e. The highest BCUT2D eigenvalue weighted by Crippen LogP contribution is 2.15. The number of carbonyl (C=O) groups excluding carboxylic acids is 1. The van der Waals surface area contributed by atoms with Crippen molar-refractivity contribution in [1.29, 1.82) is 0 Å². The van der Waals surface area contributed by atoms with Gasteiger partial charge < -0.3 is 15.2 Å². The molecule has 0 saturated heterocycles. The van der Waals surface area contributed by atoms with Gasteiger partial charge in [0.25, 0.3) is 5.91 Å². The maximum absolute atomic E-state index is 12.1. The van der Waals surface area contributed by atoms with Crippen LogP contribution in [0.15, 0.2) is 54.6 Å². The van der Waals surface area contributed by atoms with Gasteiger partial charge in [0.05, 0.1) is 7.11 Å². The van der Waals surface area contributed by atoms with E-state index in [1.165, 1.54) is 0 Å².